The van der Waals surface area contributed by atoms with Crippen molar-refractivity contribution >= 4 is 22.1 Å². The number of cyclic esters (lactones) is 2. The van der Waals surface area contributed by atoms with Gasteiger partial charge in [0.25, 0.3) is 10.2 Å². The van der Waals surface area contributed by atoms with Crippen LogP contribution in [0.3, 0.4) is 0 Å². The van der Waals surface area contributed by atoms with Crippen molar-refractivity contribution in [1.82, 2.24) is 9.03 Å². The molecule has 3 aliphatic rings. The van der Waals surface area contributed by atoms with Crippen molar-refractivity contribution in [1.29, 1.82) is 0 Å². The van der Waals surface area contributed by atoms with Gasteiger partial charge in [0.1, 0.15) is 0 Å². The maximum absolute atomic E-state index is 12.0. The summed E-state index contributed by atoms with van der Waals surface area (Å²) < 4.78 is 32.3. The Hall–Kier alpha value is -0.990. The fourth-order valence-corrected chi connectivity index (χ4v) is 3.91. The summed E-state index contributed by atoms with van der Waals surface area (Å²) in [6.45, 7) is 0.295. The zero-order valence-electron chi connectivity index (χ0n) is 9.66. The van der Waals surface area contributed by atoms with Crippen molar-refractivity contribution < 1.29 is 22.7 Å². The van der Waals surface area contributed by atoms with Crippen LogP contribution >= 0.6 is 0 Å². The van der Waals surface area contributed by atoms with Gasteiger partial charge in [-0.05, 0) is 19.3 Å². The monoisotopic (exact) mass is 274 g/mol. The Morgan fingerprint density at radius 3 is 2.44 bits per heavy atom. The lowest BCUT2D eigenvalue weighted by atomic mass is 9.89. The van der Waals surface area contributed by atoms with E-state index in [0.717, 1.165) is 12.8 Å². The fourth-order valence-electron chi connectivity index (χ4n) is 2.40. The molecule has 1 aliphatic carbocycles. The average Bonchev–Trinajstić information content (AvgIpc) is 3.06. The molecule has 2 saturated heterocycles. The molecule has 3 rings (SSSR count). The lowest BCUT2D eigenvalue weighted by Crippen LogP contribution is -2.49. The summed E-state index contributed by atoms with van der Waals surface area (Å²) >= 11 is 0. The first kappa shape index (κ1) is 12.1. The van der Waals surface area contributed by atoms with Crippen LogP contribution in [0, 0.1) is 11.8 Å². The number of fused-ring (bicyclic) bond motifs is 1. The third kappa shape index (κ3) is 2.04. The van der Waals surface area contributed by atoms with Crippen molar-refractivity contribution in [2.75, 3.05) is 13.1 Å². The van der Waals surface area contributed by atoms with Gasteiger partial charge in [-0.25, -0.2) is 0 Å². The number of hydrogen-bond donors (Lipinski definition) is 1. The minimum absolute atomic E-state index is 0.0323. The molecule has 0 aromatic heterocycles. The molecule has 0 bridgehead atoms. The predicted molar refractivity (Wildman–Crippen MR) is 59.3 cm³/mol. The quantitative estimate of drug-likeness (QED) is 0.526. The number of carbonyl (C=O) groups excluding carboxylic acids is 2. The highest BCUT2D eigenvalue weighted by molar-refractivity contribution is 7.87. The average molecular weight is 274 g/mol. The summed E-state index contributed by atoms with van der Waals surface area (Å²) in [6, 6.07) is 0.0323. The van der Waals surface area contributed by atoms with Crippen LogP contribution in [0.25, 0.3) is 0 Å². The molecule has 0 spiro atoms. The molecule has 0 aromatic rings. The molecule has 1 saturated carbocycles. The Labute approximate surface area is 105 Å². The molecule has 2 atom stereocenters. The summed E-state index contributed by atoms with van der Waals surface area (Å²) in [5.74, 6) is -2.22. The first-order valence-corrected chi connectivity index (χ1v) is 7.44. The number of esters is 2. The van der Waals surface area contributed by atoms with Crippen molar-refractivity contribution in [2.24, 2.45) is 11.8 Å². The maximum atomic E-state index is 12.0. The Bertz CT molecular complexity index is 498. The minimum Gasteiger partial charge on any atom is -0.393 e. The summed E-state index contributed by atoms with van der Waals surface area (Å²) in [4.78, 5) is 22.8. The van der Waals surface area contributed by atoms with Gasteiger partial charge in [-0.15, -0.1) is 0 Å². The van der Waals surface area contributed by atoms with E-state index in [-0.39, 0.29) is 19.1 Å². The molecule has 2 heterocycles. The first-order valence-electron chi connectivity index (χ1n) is 6.00. The molecule has 100 valence electrons. The second-order valence-electron chi connectivity index (χ2n) is 5.00. The number of piperidine rings is 1. The van der Waals surface area contributed by atoms with Crippen LogP contribution in [0.4, 0.5) is 0 Å². The Morgan fingerprint density at radius 2 is 1.78 bits per heavy atom. The number of carbonyl (C=O) groups is 2. The van der Waals surface area contributed by atoms with E-state index in [0.29, 0.717) is 6.42 Å². The van der Waals surface area contributed by atoms with Crippen molar-refractivity contribution in [2.45, 2.75) is 25.3 Å². The van der Waals surface area contributed by atoms with E-state index >= 15 is 0 Å². The van der Waals surface area contributed by atoms with Gasteiger partial charge in [-0.3, -0.25) is 9.59 Å². The van der Waals surface area contributed by atoms with E-state index in [9.17, 15) is 18.0 Å². The van der Waals surface area contributed by atoms with Crippen LogP contribution < -0.4 is 4.72 Å². The van der Waals surface area contributed by atoms with Gasteiger partial charge in [0, 0.05) is 19.1 Å². The summed E-state index contributed by atoms with van der Waals surface area (Å²) in [6.07, 6.45) is 2.07. The molecular formula is C10H14N2O5S. The van der Waals surface area contributed by atoms with Crippen LogP contribution in [-0.4, -0.2) is 43.8 Å². The molecule has 2 aliphatic heterocycles. The van der Waals surface area contributed by atoms with E-state index in [2.05, 4.69) is 9.46 Å². The minimum atomic E-state index is -3.54. The van der Waals surface area contributed by atoms with Crippen LogP contribution in [-0.2, 0) is 24.5 Å². The molecule has 0 amide bonds. The standard InChI is InChI=1S/C10H14N2O5S/c13-9-7-3-4-12(5-8(7)10(14)17-9)18(15,16)11-6-1-2-6/h6-8,11H,1-5H2. The largest absolute Gasteiger partial charge is 0.393 e. The zero-order valence-corrected chi connectivity index (χ0v) is 10.5. The van der Waals surface area contributed by atoms with Gasteiger partial charge in [-0.1, -0.05) is 0 Å². The molecule has 1 N–H and O–H groups in total. The van der Waals surface area contributed by atoms with Crippen molar-refractivity contribution in [3.05, 3.63) is 0 Å². The van der Waals surface area contributed by atoms with Gasteiger partial charge in [-0.2, -0.15) is 17.4 Å². The highest BCUT2D eigenvalue weighted by atomic mass is 32.2. The molecule has 18 heavy (non-hydrogen) atoms. The molecule has 2 unspecified atom stereocenters. The summed E-state index contributed by atoms with van der Waals surface area (Å²) in [5.41, 5.74) is 0. The smallest absolute Gasteiger partial charge is 0.318 e. The zero-order chi connectivity index (χ0) is 12.9. The molecule has 0 aromatic carbocycles. The highest BCUT2D eigenvalue weighted by Gasteiger charge is 2.49. The highest BCUT2D eigenvalue weighted by Crippen LogP contribution is 2.32. The van der Waals surface area contributed by atoms with Crippen molar-refractivity contribution in [3.8, 4) is 0 Å². The summed E-state index contributed by atoms with van der Waals surface area (Å²) in [5, 5.41) is 0. The second kappa shape index (κ2) is 4.01. The van der Waals surface area contributed by atoms with Crippen LogP contribution in [0.1, 0.15) is 19.3 Å². The Balaban J connectivity index is 1.73. The molecule has 0 radical (unpaired) electrons. The third-order valence-corrected chi connectivity index (χ3v) is 5.26. The van der Waals surface area contributed by atoms with Gasteiger partial charge in [0.15, 0.2) is 0 Å². The van der Waals surface area contributed by atoms with Crippen LogP contribution in [0.2, 0.25) is 0 Å². The van der Waals surface area contributed by atoms with E-state index in [1.165, 1.54) is 4.31 Å². The van der Waals surface area contributed by atoms with E-state index in [1.54, 1.807) is 0 Å². The second-order valence-corrected chi connectivity index (χ2v) is 6.70. The third-order valence-electron chi connectivity index (χ3n) is 3.62. The van der Waals surface area contributed by atoms with E-state index in [4.69, 9.17) is 0 Å². The predicted octanol–water partition coefficient (Wildman–Crippen LogP) is -0.995. The fraction of sp³-hybridized carbons (Fsp3) is 0.800. The van der Waals surface area contributed by atoms with E-state index in [1.807, 2.05) is 0 Å². The lowest BCUT2D eigenvalue weighted by Gasteiger charge is -2.30. The van der Waals surface area contributed by atoms with Gasteiger partial charge in [0.05, 0.1) is 11.8 Å². The van der Waals surface area contributed by atoms with Gasteiger partial charge in [0.2, 0.25) is 0 Å². The number of nitrogens with zero attached hydrogens (tertiary/aromatic N) is 1. The summed E-state index contributed by atoms with van der Waals surface area (Å²) in [7, 11) is -3.54. The molecule has 3 fully saturated rings. The normalized spacial score (nSPS) is 33.3. The van der Waals surface area contributed by atoms with Crippen LogP contribution in [0.15, 0.2) is 0 Å². The number of nitrogens with one attached hydrogen (secondary N) is 1. The van der Waals surface area contributed by atoms with E-state index < -0.39 is 34.0 Å². The molecular weight excluding hydrogens is 260 g/mol. The number of hydrogen-bond acceptors (Lipinski definition) is 5. The lowest BCUT2D eigenvalue weighted by molar-refractivity contribution is -0.153. The Kier molecular flexibility index (Phi) is 2.68. The topological polar surface area (TPSA) is 92.8 Å². The molecule has 7 nitrogen and oxygen atoms in total. The molecule has 8 heteroatoms. The first-order chi connectivity index (χ1) is 8.47. The Morgan fingerprint density at radius 1 is 1.11 bits per heavy atom. The van der Waals surface area contributed by atoms with Gasteiger partial charge >= 0.3 is 11.9 Å². The SMILES string of the molecule is O=C1OC(=O)C2CN(S(=O)(=O)NC3CC3)CCC12. The number of ether oxygens (including phenoxy) is 1. The maximum Gasteiger partial charge on any atom is 0.318 e. The van der Waals surface area contributed by atoms with Gasteiger partial charge < -0.3 is 4.74 Å². The van der Waals surface area contributed by atoms with Crippen LogP contribution in [0.5, 0.6) is 0 Å². The number of rotatable bonds is 3. The van der Waals surface area contributed by atoms with Crippen molar-refractivity contribution in [3.63, 3.8) is 0 Å².